The number of rotatable bonds is 4. The van der Waals surface area contributed by atoms with E-state index in [0.717, 1.165) is 5.56 Å². The molecule has 6 nitrogen and oxygen atoms in total. The monoisotopic (exact) mass is 319 g/mol. The van der Waals surface area contributed by atoms with Crippen molar-refractivity contribution < 1.29 is 23.8 Å². The van der Waals surface area contributed by atoms with Crippen molar-refractivity contribution in [1.82, 2.24) is 5.32 Å². The minimum Gasteiger partial charge on any atom is -0.465 e. The van der Waals surface area contributed by atoms with E-state index in [0.29, 0.717) is 6.61 Å². The Bertz CT molecular complexity index is 576. The number of fused-ring (bicyclic) bond motifs is 1. The molecule has 1 N–H and O–H groups in total. The van der Waals surface area contributed by atoms with Crippen molar-refractivity contribution in [3.8, 4) is 0 Å². The van der Waals surface area contributed by atoms with E-state index in [4.69, 9.17) is 14.2 Å². The lowest BCUT2D eigenvalue weighted by Gasteiger charge is -2.32. The number of ketones is 1. The molecule has 2 aliphatic rings. The van der Waals surface area contributed by atoms with Gasteiger partial charge in [0.25, 0.3) is 0 Å². The van der Waals surface area contributed by atoms with Crippen molar-refractivity contribution in [2.45, 2.75) is 25.3 Å². The number of ether oxygens (including phenoxy) is 3. The van der Waals surface area contributed by atoms with Gasteiger partial charge in [-0.3, -0.25) is 14.9 Å². The molecule has 1 aromatic rings. The number of carbonyl (C=O) groups excluding carboxylic acids is 2. The van der Waals surface area contributed by atoms with Gasteiger partial charge in [0.15, 0.2) is 5.78 Å². The van der Waals surface area contributed by atoms with Crippen molar-refractivity contribution in [1.29, 1.82) is 0 Å². The maximum absolute atomic E-state index is 12.7. The Hall–Kier alpha value is -1.76. The van der Waals surface area contributed by atoms with Crippen molar-refractivity contribution in [3.63, 3.8) is 0 Å². The fourth-order valence-electron chi connectivity index (χ4n) is 3.51. The Morgan fingerprint density at radius 1 is 1.35 bits per heavy atom. The predicted octanol–water partition coefficient (Wildman–Crippen LogP) is 1.07. The summed E-state index contributed by atoms with van der Waals surface area (Å²) in [4.78, 5) is 25.0. The van der Waals surface area contributed by atoms with Crippen molar-refractivity contribution in [2.75, 3.05) is 20.3 Å². The molecule has 0 bridgehead atoms. The lowest BCUT2D eigenvalue weighted by atomic mass is 9.80. The van der Waals surface area contributed by atoms with Gasteiger partial charge in [0.1, 0.15) is 6.04 Å². The van der Waals surface area contributed by atoms with Gasteiger partial charge in [-0.2, -0.15) is 0 Å². The van der Waals surface area contributed by atoms with Crippen molar-refractivity contribution in [3.05, 3.63) is 35.9 Å². The molecule has 6 heteroatoms. The first-order valence-electron chi connectivity index (χ1n) is 7.83. The van der Waals surface area contributed by atoms with Crippen LogP contribution in [0.15, 0.2) is 30.3 Å². The number of hydrogen-bond donors (Lipinski definition) is 1. The molecule has 0 radical (unpaired) electrons. The molecule has 0 aliphatic carbocycles. The minimum absolute atomic E-state index is 0.128. The molecule has 2 saturated heterocycles. The minimum atomic E-state index is -0.870. The van der Waals surface area contributed by atoms with Crippen molar-refractivity contribution in [2.24, 2.45) is 11.8 Å². The Balaban J connectivity index is 1.92. The highest BCUT2D eigenvalue weighted by Gasteiger charge is 2.54. The molecule has 1 aromatic carbocycles. The van der Waals surface area contributed by atoms with Crippen LogP contribution in [-0.4, -0.2) is 44.4 Å². The summed E-state index contributed by atoms with van der Waals surface area (Å²) in [5.41, 5.74) is 0.972. The SMILES string of the molecule is CCOC(=O)[C@H]1N[C@@H](c2ccccc2)C2C(=O)[C@H](OC)OCC21. The van der Waals surface area contributed by atoms with Crippen LogP contribution in [0.5, 0.6) is 0 Å². The maximum Gasteiger partial charge on any atom is 0.323 e. The third-order valence-corrected chi connectivity index (χ3v) is 4.52. The summed E-state index contributed by atoms with van der Waals surface area (Å²) < 4.78 is 15.7. The number of methoxy groups -OCH3 is 1. The number of carbonyl (C=O) groups is 2. The van der Waals surface area contributed by atoms with Crippen LogP contribution in [0.3, 0.4) is 0 Å². The maximum atomic E-state index is 12.7. The van der Waals surface area contributed by atoms with Gasteiger partial charge >= 0.3 is 5.97 Å². The third-order valence-electron chi connectivity index (χ3n) is 4.52. The largest absolute Gasteiger partial charge is 0.465 e. The van der Waals surface area contributed by atoms with Gasteiger partial charge in [-0.05, 0) is 12.5 Å². The first kappa shape index (κ1) is 16.1. The standard InChI is InChI=1S/C17H21NO5/c1-3-22-16(20)14-11-9-23-17(21-2)15(19)12(11)13(18-14)10-7-5-4-6-8-10/h4-8,11-14,17-18H,3,9H2,1-2H3/t11?,12?,13-,14-,17+/m0/s1. The second-order valence-electron chi connectivity index (χ2n) is 5.78. The average molecular weight is 319 g/mol. The molecular weight excluding hydrogens is 298 g/mol. The fourth-order valence-corrected chi connectivity index (χ4v) is 3.51. The predicted molar refractivity (Wildman–Crippen MR) is 81.5 cm³/mol. The average Bonchev–Trinajstić information content (AvgIpc) is 2.97. The van der Waals surface area contributed by atoms with E-state index >= 15 is 0 Å². The molecule has 2 aliphatic heterocycles. The topological polar surface area (TPSA) is 73.9 Å². The molecule has 23 heavy (non-hydrogen) atoms. The van der Waals surface area contributed by atoms with Crippen LogP contribution in [0.25, 0.3) is 0 Å². The summed E-state index contributed by atoms with van der Waals surface area (Å²) in [7, 11) is 1.45. The summed E-state index contributed by atoms with van der Waals surface area (Å²) >= 11 is 0. The zero-order valence-electron chi connectivity index (χ0n) is 13.2. The highest BCUT2D eigenvalue weighted by Crippen LogP contribution is 2.42. The van der Waals surface area contributed by atoms with Crippen LogP contribution < -0.4 is 5.32 Å². The molecule has 2 fully saturated rings. The van der Waals surface area contributed by atoms with Gasteiger partial charge in [-0.15, -0.1) is 0 Å². The quantitative estimate of drug-likeness (QED) is 0.837. The molecule has 124 valence electrons. The third kappa shape index (κ3) is 2.89. The van der Waals surface area contributed by atoms with Crippen LogP contribution in [0, 0.1) is 11.8 Å². The smallest absolute Gasteiger partial charge is 0.323 e. The normalized spacial score (nSPS) is 33.3. The fraction of sp³-hybridized carbons (Fsp3) is 0.529. The lowest BCUT2D eigenvalue weighted by molar-refractivity contribution is -0.187. The van der Waals surface area contributed by atoms with Crippen LogP contribution in [-0.2, 0) is 23.8 Å². The Kier molecular flexibility index (Phi) is 4.75. The summed E-state index contributed by atoms with van der Waals surface area (Å²) in [6.07, 6.45) is -0.870. The number of benzene rings is 1. The van der Waals surface area contributed by atoms with Crippen LogP contribution in [0.2, 0.25) is 0 Å². The van der Waals surface area contributed by atoms with Crippen molar-refractivity contribution >= 4 is 11.8 Å². The summed E-state index contributed by atoms with van der Waals surface area (Å²) in [5, 5.41) is 3.28. The van der Waals surface area contributed by atoms with Crippen LogP contribution in [0.4, 0.5) is 0 Å². The number of hydrogen-bond acceptors (Lipinski definition) is 6. The highest BCUT2D eigenvalue weighted by molar-refractivity contribution is 5.89. The Morgan fingerprint density at radius 3 is 2.74 bits per heavy atom. The summed E-state index contributed by atoms with van der Waals surface area (Å²) in [6, 6.07) is 8.86. The van der Waals surface area contributed by atoms with E-state index in [1.807, 2.05) is 30.3 Å². The molecule has 2 unspecified atom stereocenters. The molecule has 5 atom stereocenters. The molecule has 0 aromatic heterocycles. The molecule has 2 heterocycles. The Morgan fingerprint density at radius 2 is 2.09 bits per heavy atom. The first-order chi connectivity index (χ1) is 11.2. The van der Waals surface area contributed by atoms with Gasteiger partial charge in [-0.25, -0.2) is 0 Å². The van der Waals surface area contributed by atoms with Crippen LogP contribution >= 0.6 is 0 Å². The van der Waals surface area contributed by atoms with Gasteiger partial charge < -0.3 is 14.2 Å². The second kappa shape index (κ2) is 6.78. The van der Waals surface area contributed by atoms with E-state index < -0.39 is 12.3 Å². The van der Waals surface area contributed by atoms with E-state index in [2.05, 4.69) is 5.32 Å². The van der Waals surface area contributed by atoms with Gasteiger partial charge in [-0.1, -0.05) is 30.3 Å². The van der Waals surface area contributed by atoms with E-state index in [9.17, 15) is 9.59 Å². The molecule has 0 spiro atoms. The van der Waals surface area contributed by atoms with Gasteiger partial charge in [0.05, 0.1) is 13.2 Å². The van der Waals surface area contributed by atoms with Gasteiger partial charge in [0, 0.05) is 25.0 Å². The molecule has 0 saturated carbocycles. The molecule has 3 rings (SSSR count). The van der Waals surface area contributed by atoms with E-state index in [1.165, 1.54) is 7.11 Å². The summed E-state index contributed by atoms with van der Waals surface area (Å²) in [6.45, 7) is 2.36. The lowest BCUT2D eigenvalue weighted by Crippen LogP contribution is -2.47. The molecule has 0 amide bonds. The van der Waals surface area contributed by atoms with E-state index in [1.54, 1.807) is 6.92 Å². The number of Topliss-reactive ketones (excluding diaryl/α,β-unsaturated/α-hetero) is 1. The zero-order chi connectivity index (χ0) is 16.4. The Labute approximate surface area is 135 Å². The van der Waals surface area contributed by atoms with E-state index in [-0.39, 0.29) is 36.2 Å². The number of esters is 1. The highest BCUT2D eigenvalue weighted by atomic mass is 16.7. The molecular formula is C17H21NO5. The van der Waals surface area contributed by atoms with Gasteiger partial charge in [0.2, 0.25) is 6.29 Å². The zero-order valence-corrected chi connectivity index (χ0v) is 13.2. The second-order valence-corrected chi connectivity index (χ2v) is 5.78. The summed E-state index contributed by atoms with van der Waals surface area (Å²) in [5.74, 6) is -1.09. The van der Waals surface area contributed by atoms with Crippen LogP contribution in [0.1, 0.15) is 18.5 Å². The first-order valence-corrected chi connectivity index (χ1v) is 7.83. The number of nitrogens with one attached hydrogen (secondary N) is 1.